The summed E-state index contributed by atoms with van der Waals surface area (Å²) in [7, 11) is 0. The molecular weight excluding hydrogens is 462 g/mol. The molecule has 9 heteroatoms. The van der Waals surface area contributed by atoms with Gasteiger partial charge in [-0.1, -0.05) is 26.0 Å². The zero-order valence-electron chi connectivity index (χ0n) is 20.6. The lowest BCUT2D eigenvalue weighted by molar-refractivity contribution is -0.121. The van der Waals surface area contributed by atoms with E-state index < -0.39 is 0 Å². The van der Waals surface area contributed by atoms with Gasteiger partial charge in [0.05, 0.1) is 5.69 Å². The van der Waals surface area contributed by atoms with Crippen LogP contribution in [0.1, 0.15) is 52.6 Å². The Bertz CT molecular complexity index is 1270. The van der Waals surface area contributed by atoms with Crippen LogP contribution in [0.4, 0.5) is 5.69 Å². The monoisotopic (exact) mass is 491 g/mol. The van der Waals surface area contributed by atoms with Crippen LogP contribution < -0.4 is 19.7 Å². The molecule has 9 nitrogen and oxygen atoms in total. The van der Waals surface area contributed by atoms with Crippen molar-refractivity contribution in [1.82, 2.24) is 10.3 Å². The fourth-order valence-electron chi connectivity index (χ4n) is 3.67. The van der Waals surface area contributed by atoms with E-state index in [9.17, 15) is 14.4 Å². The quantitative estimate of drug-likeness (QED) is 0.428. The molecule has 2 aromatic carbocycles. The van der Waals surface area contributed by atoms with Crippen LogP contribution in [0, 0.1) is 12.8 Å². The van der Waals surface area contributed by atoms with Gasteiger partial charge in [0.1, 0.15) is 24.3 Å². The van der Waals surface area contributed by atoms with Gasteiger partial charge in [-0.05, 0) is 55.2 Å². The Morgan fingerprint density at radius 1 is 1.19 bits per heavy atom. The zero-order valence-corrected chi connectivity index (χ0v) is 20.6. The number of rotatable bonds is 10. The molecule has 2 heterocycles. The highest BCUT2D eigenvalue weighted by Gasteiger charge is 2.28. The SMILES string of the molecule is Cc1cccc(OCC(=O)c2ccc3c(c2)N(Cc2nc(C(=O)NCCC(C)C)co2)C(=O)CO3)c1. The smallest absolute Gasteiger partial charge is 0.273 e. The molecule has 0 atom stereocenters. The van der Waals surface area contributed by atoms with E-state index >= 15 is 0 Å². The number of ketones is 1. The Kier molecular flexibility index (Phi) is 7.68. The number of hydrogen-bond acceptors (Lipinski definition) is 7. The second-order valence-corrected chi connectivity index (χ2v) is 9.04. The Hall–Kier alpha value is -4.14. The maximum atomic E-state index is 12.8. The number of aryl methyl sites for hydroxylation is 1. The van der Waals surface area contributed by atoms with Crippen molar-refractivity contribution in [2.24, 2.45) is 5.92 Å². The van der Waals surface area contributed by atoms with Crippen LogP contribution in [-0.4, -0.2) is 42.3 Å². The largest absolute Gasteiger partial charge is 0.485 e. The second kappa shape index (κ2) is 11.1. The fraction of sp³-hybridized carbons (Fsp3) is 0.333. The van der Waals surface area contributed by atoms with Gasteiger partial charge in [-0.25, -0.2) is 4.98 Å². The fourth-order valence-corrected chi connectivity index (χ4v) is 3.67. The molecule has 188 valence electrons. The summed E-state index contributed by atoms with van der Waals surface area (Å²) in [6, 6.07) is 12.3. The first-order chi connectivity index (χ1) is 17.3. The van der Waals surface area contributed by atoms with Crippen molar-refractivity contribution in [2.75, 3.05) is 24.7 Å². The van der Waals surface area contributed by atoms with Crippen LogP contribution in [0.5, 0.6) is 11.5 Å². The number of hydrogen-bond donors (Lipinski definition) is 1. The van der Waals surface area contributed by atoms with E-state index in [-0.39, 0.29) is 48.9 Å². The average Bonchev–Trinajstić information content (AvgIpc) is 3.32. The maximum Gasteiger partial charge on any atom is 0.273 e. The van der Waals surface area contributed by atoms with Crippen molar-refractivity contribution in [3.63, 3.8) is 0 Å². The summed E-state index contributed by atoms with van der Waals surface area (Å²) in [6.45, 7) is 6.33. The van der Waals surface area contributed by atoms with Crippen molar-refractivity contribution in [3.8, 4) is 11.5 Å². The molecule has 0 saturated carbocycles. The van der Waals surface area contributed by atoms with Crippen LogP contribution in [0.3, 0.4) is 0 Å². The van der Waals surface area contributed by atoms with Gasteiger partial charge in [-0.3, -0.25) is 19.3 Å². The van der Waals surface area contributed by atoms with E-state index in [4.69, 9.17) is 13.9 Å². The van der Waals surface area contributed by atoms with E-state index in [1.165, 1.54) is 11.2 Å². The summed E-state index contributed by atoms with van der Waals surface area (Å²) < 4.78 is 16.6. The number of ether oxygens (including phenoxy) is 2. The number of benzene rings is 2. The molecule has 0 spiro atoms. The van der Waals surface area contributed by atoms with E-state index in [0.29, 0.717) is 35.2 Å². The molecule has 2 amide bonds. The number of oxazole rings is 1. The first kappa shape index (κ1) is 25.0. The highest BCUT2D eigenvalue weighted by atomic mass is 16.5. The van der Waals surface area contributed by atoms with E-state index in [1.807, 2.05) is 25.1 Å². The molecular formula is C27H29N3O6. The van der Waals surface area contributed by atoms with E-state index in [2.05, 4.69) is 24.1 Å². The third-order valence-electron chi connectivity index (χ3n) is 5.67. The molecule has 1 aromatic heterocycles. The van der Waals surface area contributed by atoms with Gasteiger partial charge < -0.3 is 19.2 Å². The molecule has 36 heavy (non-hydrogen) atoms. The van der Waals surface area contributed by atoms with Gasteiger partial charge in [-0.15, -0.1) is 0 Å². The number of nitrogens with one attached hydrogen (secondary N) is 1. The predicted octanol–water partition coefficient (Wildman–Crippen LogP) is 3.95. The van der Waals surface area contributed by atoms with Crippen molar-refractivity contribution < 1.29 is 28.3 Å². The number of aromatic nitrogens is 1. The first-order valence-corrected chi connectivity index (χ1v) is 11.8. The standard InChI is InChI=1S/C27H29N3O6/c1-17(2)9-10-28-27(33)21-14-36-25(29-21)13-30-22-12-19(7-8-24(22)35-16-26(30)32)23(31)15-34-20-6-4-5-18(3)11-20/h4-8,11-12,14,17H,9-10,13,15-16H2,1-3H3,(H,28,33). The maximum absolute atomic E-state index is 12.8. The molecule has 1 aliphatic rings. The summed E-state index contributed by atoms with van der Waals surface area (Å²) in [5.41, 5.74) is 1.98. The van der Waals surface area contributed by atoms with Gasteiger partial charge in [0.15, 0.2) is 24.7 Å². The summed E-state index contributed by atoms with van der Waals surface area (Å²) >= 11 is 0. The summed E-state index contributed by atoms with van der Waals surface area (Å²) in [6.07, 6.45) is 2.13. The molecule has 0 unspecified atom stereocenters. The Morgan fingerprint density at radius 2 is 2.03 bits per heavy atom. The van der Waals surface area contributed by atoms with Crippen LogP contribution >= 0.6 is 0 Å². The number of Topliss-reactive ketones (excluding diaryl/α,β-unsaturated/α-hetero) is 1. The number of carbonyl (C=O) groups excluding carboxylic acids is 3. The Morgan fingerprint density at radius 3 is 2.81 bits per heavy atom. The van der Waals surface area contributed by atoms with Crippen LogP contribution in [0.25, 0.3) is 0 Å². The number of anilines is 1. The molecule has 0 saturated heterocycles. The minimum Gasteiger partial charge on any atom is -0.485 e. The minimum absolute atomic E-state index is 0.00803. The number of fused-ring (bicyclic) bond motifs is 1. The van der Waals surface area contributed by atoms with Gasteiger partial charge in [0, 0.05) is 12.1 Å². The summed E-state index contributed by atoms with van der Waals surface area (Å²) in [5, 5.41) is 2.81. The third kappa shape index (κ3) is 6.10. The van der Waals surface area contributed by atoms with Crippen LogP contribution in [-0.2, 0) is 11.3 Å². The molecule has 3 aromatic rings. The van der Waals surface area contributed by atoms with Crippen molar-refractivity contribution in [3.05, 3.63) is 71.4 Å². The molecule has 0 aliphatic carbocycles. The lowest BCUT2D eigenvalue weighted by Crippen LogP contribution is -2.38. The number of carbonyl (C=O) groups is 3. The van der Waals surface area contributed by atoms with Crippen molar-refractivity contribution in [2.45, 2.75) is 33.7 Å². The molecule has 0 radical (unpaired) electrons. The molecule has 0 bridgehead atoms. The van der Waals surface area contributed by atoms with Gasteiger partial charge in [0.2, 0.25) is 5.89 Å². The van der Waals surface area contributed by atoms with Gasteiger partial charge >= 0.3 is 0 Å². The highest BCUT2D eigenvalue weighted by molar-refractivity contribution is 6.02. The summed E-state index contributed by atoms with van der Waals surface area (Å²) in [5.74, 6) is 0.846. The first-order valence-electron chi connectivity index (χ1n) is 11.8. The van der Waals surface area contributed by atoms with Gasteiger partial charge in [0.25, 0.3) is 11.8 Å². The van der Waals surface area contributed by atoms with E-state index in [1.54, 1.807) is 24.3 Å². The molecule has 0 fully saturated rings. The second-order valence-electron chi connectivity index (χ2n) is 9.04. The average molecular weight is 492 g/mol. The van der Waals surface area contributed by atoms with Crippen LogP contribution in [0.2, 0.25) is 0 Å². The Balaban J connectivity index is 1.45. The van der Waals surface area contributed by atoms with Gasteiger partial charge in [-0.2, -0.15) is 0 Å². The highest BCUT2D eigenvalue weighted by Crippen LogP contribution is 2.34. The molecule has 1 N–H and O–H groups in total. The normalized spacial score (nSPS) is 12.8. The van der Waals surface area contributed by atoms with Crippen molar-refractivity contribution >= 4 is 23.3 Å². The topological polar surface area (TPSA) is 111 Å². The minimum atomic E-state index is -0.333. The molecule has 1 aliphatic heterocycles. The number of nitrogens with zero attached hydrogens (tertiary/aromatic N) is 2. The Labute approximate surface area is 209 Å². The number of amides is 2. The zero-order chi connectivity index (χ0) is 25.7. The third-order valence-corrected chi connectivity index (χ3v) is 5.67. The van der Waals surface area contributed by atoms with Crippen LogP contribution in [0.15, 0.2) is 53.1 Å². The van der Waals surface area contributed by atoms with Crippen molar-refractivity contribution in [1.29, 1.82) is 0 Å². The van der Waals surface area contributed by atoms with E-state index in [0.717, 1.165) is 12.0 Å². The lowest BCUT2D eigenvalue weighted by atomic mass is 10.1. The lowest BCUT2D eigenvalue weighted by Gasteiger charge is -2.28. The predicted molar refractivity (Wildman–Crippen MR) is 132 cm³/mol. The summed E-state index contributed by atoms with van der Waals surface area (Å²) in [4.78, 5) is 43.5. The molecule has 4 rings (SSSR count).